The van der Waals surface area contributed by atoms with Crippen molar-refractivity contribution in [2.75, 3.05) is 33.2 Å². The summed E-state index contributed by atoms with van der Waals surface area (Å²) in [6, 6.07) is 3.59. The van der Waals surface area contributed by atoms with Crippen molar-refractivity contribution in [2.24, 2.45) is 5.73 Å². The monoisotopic (exact) mass is 283 g/mol. The van der Waals surface area contributed by atoms with Gasteiger partial charge < -0.3 is 10.6 Å². The van der Waals surface area contributed by atoms with Crippen LogP contribution >= 0.6 is 0 Å². The molecule has 1 aliphatic heterocycles. The van der Waals surface area contributed by atoms with Gasteiger partial charge >= 0.3 is 0 Å². The molecule has 0 radical (unpaired) electrons. The minimum atomic E-state index is -0.417. The van der Waals surface area contributed by atoms with Crippen LogP contribution < -0.4 is 5.73 Å². The first-order valence-electron chi connectivity index (χ1n) is 7.12. The molecule has 1 aromatic rings. The predicted octanol–water partition coefficient (Wildman–Crippen LogP) is 1.99. The Morgan fingerprint density at radius 3 is 2.80 bits per heavy atom. The summed E-state index contributed by atoms with van der Waals surface area (Å²) in [5.41, 5.74) is 6.22. The molecule has 5 heteroatoms. The van der Waals surface area contributed by atoms with Crippen LogP contribution in [0.4, 0.5) is 8.78 Å². The van der Waals surface area contributed by atoms with Gasteiger partial charge in [-0.25, -0.2) is 8.78 Å². The van der Waals surface area contributed by atoms with E-state index in [-0.39, 0.29) is 24.4 Å². The molecule has 2 atom stereocenters. The van der Waals surface area contributed by atoms with E-state index in [1.807, 2.05) is 0 Å². The molecule has 3 nitrogen and oxygen atoms in total. The molecule has 1 aromatic carbocycles. The number of hydrogen-bond donors (Lipinski definition) is 1. The van der Waals surface area contributed by atoms with E-state index in [9.17, 15) is 8.78 Å². The minimum Gasteiger partial charge on any atom is -0.329 e. The summed E-state index contributed by atoms with van der Waals surface area (Å²) in [5, 5.41) is 0. The van der Waals surface area contributed by atoms with Gasteiger partial charge in [-0.2, -0.15) is 0 Å². The Kier molecular flexibility index (Phi) is 5.07. The lowest BCUT2D eigenvalue weighted by atomic mass is 10.0. The van der Waals surface area contributed by atoms with Gasteiger partial charge in [-0.05, 0) is 45.1 Å². The van der Waals surface area contributed by atoms with E-state index in [2.05, 4.69) is 23.8 Å². The van der Waals surface area contributed by atoms with Crippen molar-refractivity contribution in [2.45, 2.75) is 25.4 Å². The third kappa shape index (κ3) is 3.34. The highest BCUT2D eigenvalue weighted by Gasteiger charge is 2.28. The molecule has 2 rings (SSSR count). The van der Waals surface area contributed by atoms with Crippen molar-refractivity contribution in [3.8, 4) is 0 Å². The van der Waals surface area contributed by atoms with Crippen LogP contribution in [0.1, 0.15) is 24.9 Å². The number of hydrogen-bond acceptors (Lipinski definition) is 3. The van der Waals surface area contributed by atoms with Crippen LogP contribution in [0, 0.1) is 11.6 Å². The second kappa shape index (κ2) is 6.61. The maximum atomic E-state index is 14.0. The highest BCUT2D eigenvalue weighted by Crippen LogP contribution is 2.27. The first kappa shape index (κ1) is 15.4. The van der Waals surface area contributed by atoms with E-state index in [1.165, 1.54) is 12.1 Å². The maximum Gasteiger partial charge on any atom is 0.128 e. The fourth-order valence-electron chi connectivity index (χ4n) is 3.06. The molecule has 0 saturated carbocycles. The summed E-state index contributed by atoms with van der Waals surface area (Å²) >= 11 is 0. The molecule has 1 heterocycles. The average molecular weight is 283 g/mol. The van der Waals surface area contributed by atoms with Crippen LogP contribution in [-0.4, -0.2) is 49.1 Å². The van der Waals surface area contributed by atoms with Crippen LogP contribution in [-0.2, 0) is 0 Å². The molecule has 2 unspecified atom stereocenters. The number of nitrogens with two attached hydrogens (primary N) is 1. The number of nitrogens with zero attached hydrogens (tertiary/aromatic N) is 2. The minimum absolute atomic E-state index is 0.263. The Labute approximate surface area is 119 Å². The number of rotatable bonds is 3. The van der Waals surface area contributed by atoms with E-state index in [0.29, 0.717) is 5.56 Å². The van der Waals surface area contributed by atoms with Gasteiger partial charge in [-0.1, -0.05) is 0 Å². The second-order valence-corrected chi connectivity index (χ2v) is 5.62. The molecular formula is C15H23F2N3. The molecule has 0 aromatic heterocycles. The lowest BCUT2D eigenvalue weighted by molar-refractivity contribution is 0.143. The molecule has 0 amide bonds. The fourth-order valence-corrected chi connectivity index (χ4v) is 3.06. The van der Waals surface area contributed by atoms with Crippen LogP contribution in [0.3, 0.4) is 0 Å². The number of likely N-dealkylation sites (N-methyl/N-ethyl adjacent to an activating group) is 1. The maximum absolute atomic E-state index is 14.0. The molecule has 112 valence electrons. The zero-order valence-corrected chi connectivity index (χ0v) is 12.1. The smallest absolute Gasteiger partial charge is 0.128 e. The van der Waals surface area contributed by atoms with Gasteiger partial charge in [0.15, 0.2) is 0 Å². The predicted molar refractivity (Wildman–Crippen MR) is 76.4 cm³/mol. The zero-order valence-electron chi connectivity index (χ0n) is 12.1. The molecule has 20 heavy (non-hydrogen) atoms. The first-order chi connectivity index (χ1) is 9.52. The lowest BCUT2D eigenvalue weighted by Crippen LogP contribution is -2.43. The third-order valence-electron chi connectivity index (χ3n) is 4.04. The van der Waals surface area contributed by atoms with Crippen LogP contribution in [0.2, 0.25) is 0 Å². The molecule has 2 N–H and O–H groups in total. The van der Waals surface area contributed by atoms with Gasteiger partial charge in [0.1, 0.15) is 11.6 Å². The van der Waals surface area contributed by atoms with E-state index in [0.717, 1.165) is 32.1 Å². The summed E-state index contributed by atoms with van der Waals surface area (Å²) < 4.78 is 27.4. The molecule has 0 aliphatic carbocycles. The second-order valence-electron chi connectivity index (χ2n) is 5.62. The van der Waals surface area contributed by atoms with Gasteiger partial charge in [0.05, 0.1) is 6.04 Å². The van der Waals surface area contributed by atoms with E-state index in [1.54, 1.807) is 0 Å². The van der Waals surface area contributed by atoms with Crippen molar-refractivity contribution in [1.82, 2.24) is 9.80 Å². The average Bonchev–Trinajstić information content (AvgIpc) is 2.56. The topological polar surface area (TPSA) is 32.5 Å². The Morgan fingerprint density at radius 1 is 1.35 bits per heavy atom. The first-order valence-corrected chi connectivity index (χ1v) is 7.12. The third-order valence-corrected chi connectivity index (χ3v) is 4.04. The fraction of sp³-hybridized carbons (Fsp3) is 0.600. The zero-order chi connectivity index (χ0) is 14.7. The van der Waals surface area contributed by atoms with Crippen molar-refractivity contribution in [3.05, 3.63) is 35.4 Å². The largest absolute Gasteiger partial charge is 0.329 e. The number of benzene rings is 1. The SMILES string of the molecule is CC1CN(C)CCCN1C(CN)c1cc(F)ccc1F. The Balaban J connectivity index is 2.28. The van der Waals surface area contributed by atoms with Gasteiger partial charge in [-0.3, -0.25) is 4.90 Å². The Hall–Kier alpha value is -1.04. The van der Waals surface area contributed by atoms with Crippen LogP contribution in [0.15, 0.2) is 18.2 Å². The summed E-state index contributed by atoms with van der Waals surface area (Å²) in [7, 11) is 2.08. The van der Waals surface area contributed by atoms with Crippen molar-refractivity contribution in [3.63, 3.8) is 0 Å². The van der Waals surface area contributed by atoms with E-state index in [4.69, 9.17) is 5.73 Å². The highest BCUT2D eigenvalue weighted by molar-refractivity contribution is 5.23. The number of halogens is 2. The van der Waals surface area contributed by atoms with Crippen molar-refractivity contribution < 1.29 is 8.78 Å². The summed E-state index contributed by atoms with van der Waals surface area (Å²) in [6.45, 7) is 5.18. The van der Waals surface area contributed by atoms with Crippen LogP contribution in [0.25, 0.3) is 0 Å². The van der Waals surface area contributed by atoms with Gasteiger partial charge in [0.25, 0.3) is 0 Å². The van der Waals surface area contributed by atoms with Gasteiger partial charge in [0.2, 0.25) is 0 Å². The van der Waals surface area contributed by atoms with E-state index < -0.39 is 5.82 Å². The molecule has 0 spiro atoms. The van der Waals surface area contributed by atoms with Crippen molar-refractivity contribution in [1.29, 1.82) is 0 Å². The molecule has 1 fully saturated rings. The lowest BCUT2D eigenvalue weighted by Gasteiger charge is -2.35. The molecule has 1 saturated heterocycles. The van der Waals surface area contributed by atoms with E-state index >= 15 is 0 Å². The molecular weight excluding hydrogens is 260 g/mol. The highest BCUT2D eigenvalue weighted by atomic mass is 19.1. The summed E-state index contributed by atoms with van der Waals surface area (Å²) in [6.07, 6.45) is 1.01. The Bertz CT molecular complexity index is 453. The quantitative estimate of drug-likeness (QED) is 0.921. The summed E-state index contributed by atoms with van der Waals surface area (Å²) in [5.74, 6) is -0.800. The van der Waals surface area contributed by atoms with Crippen molar-refractivity contribution >= 4 is 0 Å². The normalized spacial score (nSPS) is 23.6. The standard InChI is InChI=1S/C15H23F2N3/c1-11-10-19(2)6-3-7-20(11)15(9-18)13-8-12(16)4-5-14(13)17/h4-5,8,11,15H,3,6-7,9-10,18H2,1-2H3. The molecule has 0 bridgehead atoms. The van der Waals surface area contributed by atoms with Gasteiger partial charge in [0, 0.05) is 31.2 Å². The van der Waals surface area contributed by atoms with Gasteiger partial charge in [-0.15, -0.1) is 0 Å². The Morgan fingerprint density at radius 2 is 2.10 bits per heavy atom. The molecule has 1 aliphatic rings. The van der Waals surface area contributed by atoms with Crippen LogP contribution in [0.5, 0.6) is 0 Å². The summed E-state index contributed by atoms with van der Waals surface area (Å²) in [4.78, 5) is 4.46.